The minimum atomic E-state index is 0.132. The van der Waals surface area contributed by atoms with E-state index < -0.39 is 0 Å². The molecule has 1 aromatic heterocycles. The molecule has 0 amide bonds. The Kier molecular flexibility index (Phi) is 3.87. The Morgan fingerprint density at radius 2 is 1.71 bits per heavy atom. The Morgan fingerprint density at radius 3 is 2.48 bits per heavy atom. The Hall–Kier alpha value is -2.35. The van der Waals surface area contributed by atoms with Crippen LogP contribution in [0.1, 0.15) is 29.3 Å². The summed E-state index contributed by atoms with van der Waals surface area (Å²) in [7, 11) is 0. The predicted molar refractivity (Wildman–Crippen MR) is 86.7 cm³/mol. The molecule has 21 heavy (non-hydrogen) atoms. The number of ketones is 1. The van der Waals surface area contributed by atoms with Crippen LogP contribution in [0.4, 0.5) is 0 Å². The average Bonchev–Trinajstić information content (AvgIpc) is 2.88. The molecule has 2 nitrogen and oxygen atoms in total. The number of carbonyl (C=O) groups is 1. The molecule has 0 fully saturated rings. The number of benzene rings is 2. The molecule has 0 aliphatic carbocycles. The van der Waals surface area contributed by atoms with Crippen molar-refractivity contribution in [1.29, 1.82) is 0 Å². The standard InChI is InChI=1S/C19H19NO/c1-15(21)18-14-20(19-12-6-5-11-17(18)19)13-7-10-16-8-3-2-4-9-16/h2-6,8-9,11-12,14H,7,10,13H2,1H3. The maximum Gasteiger partial charge on any atom is 0.161 e. The Balaban J connectivity index is 1.79. The third-order valence-corrected chi connectivity index (χ3v) is 3.88. The van der Waals surface area contributed by atoms with Crippen molar-refractivity contribution in [2.45, 2.75) is 26.3 Å². The second-order valence-corrected chi connectivity index (χ2v) is 5.40. The molecule has 106 valence electrons. The number of Topliss-reactive ketones (excluding diaryl/α,β-unsaturated/α-hetero) is 1. The molecule has 0 saturated carbocycles. The van der Waals surface area contributed by atoms with Crippen molar-refractivity contribution < 1.29 is 4.79 Å². The molecule has 0 atom stereocenters. The number of rotatable bonds is 5. The quantitative estimate of drug-likeness (QED) is 0.630. The van der Waals surface area contributed by atoms with E-state index in [0.29, 0.717) is 0 Å². The van der Waals surface area contributed by atoms with Crippen molar-refractivity contribution in [1.82, 2.24) is 4.57 Å². The van der Waals surface area contributed by atoms with Crippen molar-refractivity contribution >= 4 is 16.7 Å². The van der Waals surface area contributed by atoms with Gasteiger partial charge in [-0.1, -0.05) is 48.5 Å². The van der Waals surface area contributed by atoms with Crippen LogP contribution in [0, 0.1) is 0 Å². The monoisotopic (exact) mass is 277 g/mol. The van der Waals surface area contributed by atoms with E-state index in [9.17, 15) is 4.79 Å². The molecule has 2 aromatic carbocycles. The van der Waals surface area contributed by atoms with Crippen LogP contribution in [0.25, 0.3) is 10.9 Å². The lowest BCUT2D eigenvalue weighted by molar-refractivity contribution is 0.101. The minimum absolute atomic E-state index is 0.132. The number of aryl methyl sites for hydroxylation is 2. The highest BCUT2D eigenvalue weighted by atomic mass is 16.1. The van der Waals surface area contributed by atoms with Crippen molar-refractivity contribution in [3.05, 3.63) is 71.9 Å². The van der Waals surface area contributed by atoms with Gasteiger partial charge in [-0.05, 0) is 31.4 Å². The van der Waals surface area contributed by atoms with E-state index in [1.54, 1.807) is 6.92 Å². The van der Waals surface area contributed by atoms with E-state index in [-0.39, 0.29) is 5.78 Å². The largest absolute Gasteiger partial charge is 0.347 e. The second-order valence-electron chi connectivity index (χ2n) is 5.40. The molecule has 0 bridgehead atoms. The minimum Gasteiger partial charge on any atom is -0.347 e. The van der Waals surface area contributed by atoms with Crippen LogP contribution in [0.15, 0.2) is 60.8 Å². The summed E-state index contributed by atoms with van der Waals surface area (Å²) < 4.78 is 2.20. The summed E-state index contributed by atoms with van der Waals surface area (Å²) in [5.41, 5.74) is 3.34. The lowest BCUT2D eigenvalue weighted by Crippen LogP contribution is -1.98. The summed E-state index contributed by atoms with van der Waals surface area (Å²) >= 11 is 0. The predicted octanol–water partition coefficient (Wildman–Crippen LogP) is 4.48. The zero-order valence-corrected chi connectivity index (χ0v) is 12.3. The fraction of sp³-hybridized carbons (Fsp3) is 0.211. The van der Waals surface area contributed by atoms with Gasteiger partial charge in [0.25, 0.3) is 0 Å². The lowest BCUT2D eigenvalue weighted by Gasteiger charge is -2.05. The molecule has 0 saturated heterocycles. The van der Waals surface area contributed by atoms with Gasteiger partial charge in [-0.3, -0.25) is 4.79 Å². The molecule has 0 spiro atoms. The number of para-hydroxylation sites is 1. The van der Waals surface area contributed by atoms with Crippen molar-refractivity contribution in [2.24, 2.45) is 0 Å². The van der Waals surface area contributed by atoms with E-state index in [1.807, 2.05) is 30.5 Å². The summed E-state index contributed by atoms with van der Waals surface area (Å²) in [5, 5.41) is 1.06. The highest BCUT2D eigenvalue weighted by Crippen LogP contribution is 2.22. The van der Waals surface area contributed by atoms with Crippen LogP contribution in [0.3, 0.4) is 0 Å². The molecule has 0 aliphatic heterocycles. The zero-order chi connectivity index (χ0) is 14.7. The van der Waals surface area contributed by atoms with Gasteiger partial charge in [-0.25, -0.2) is 0 Å². The van der Waals surface area contributed by atoms with E-state index in [1.165, 1.54) is 5.56 Å². The van der Waals surface area contributed by atoms with Crippen molar-refractivity contribution in [3.8, 4) is 0 Å². The molecule has 3 rings (SSSR count). The third kappa shape index (κ3) is 2.89. The van der Waals surface area contributed by atoms with Gasteiger partial charge in [-0.2, -0.15) is 0 Å². The lowest BCUT2D eigenvalue weighted by atomic mass is 10.1. The van der Waals surface area contributed by atoms with E-state index in [2.05, 4.69) is 34.9 Å². The Labute approximate surface area is 125 Å². The van der Waals surface area contributed by atoms with E-state index in [4.69, 9.17) is 0 Å². The summed E-state index contributed by atoms with van der Waals surface area (Å²) in [6.45, 7) is 2.57. The van der Waals surface area contributed by atoms with E-state index >= 15 is 0 Å². The highest BCUT2D eigenvalue weighted by Gasteiger charge is 2.10. The zero-order valence-electron chi connectivity index (χ0n) is 12.3. The summed E-state index contributed by atoms with van der Waals surface area (Å²) in [4.78, 5) is 11.8. The molecular formula is C19H19NO. The number of hydrogen-bond acceptors (Lipinski definition) is 1. The van der Waals surface area contributed by atoms with Gasteiger partial charge < -0.3 is 4.57 Å². The first-order valence-corrected chi connectivity index (χ1v) is 7.38. The fourth-order valence-electron chi connectivity index (χ4n) is 2.81. The number of nitrogens with zero attached hydrogens (tertiary/aromatic N) is 1. The first-order valence-electron chi connectivity index (χ1n) is 7.38. The first-order chi connectivity index (χ1) is 10.3. The number of carbonyl (C=O) groups excluding carboxylic acids is 1. The third-order valence-electron chi connectivity index (χ3n) is 3.88. The van der Waals surface area contributed by atoms with Gasteiger partial charge in [0.1, 0.15) is 0 Å². The smallest absolute Gasteiger partial charge is 0.161 e. The van der Waals surface area contributed by atoms with Gasteiger partial charge >= 0.3 is 0 Å². The summed E-state index contributed by atoms with van der Waals surface area (Å²) in [5.74, 6) is 0.132. The number of aromatic nitrogens is 1. The normalized spacial score (nSPS) is 10.9. The van der Waals surface area contributed by atoms with Crippen LogP contribution >= 0.6 is 0 Å². The maximum absolute atomic E-state index is 11.8. The van der Waals surface area contributed by atoms with E-state index in [0.717, 1.165) is 35.9 Å². The molecule has 2 heteroatoms. The van der Waals surface area contributed by atoms with Gasteiger partial charge in [0.15, 0.2) is 5.78 Å². The second kappa shape index (κ2) is 5.96. The van der Waals surface area contributed by atoms with Crippen LogP contribution in [-0.2, 0) is 13.0 Å². The summed E-state index contributed by atoms with van der Waals surface area (Å²) in [6.07, 6.45) is 4.13. The first kappa shape index (κ1) is 13.6. The van der Waals surface area contributed by atoms with Crippen molar-refractivity contribution in [2.75, 3.05) is 0 Å². The van der Waals surface area contributed by atoms with Gasteiger partial charge in [0, 0.05) is 29.2 Å². The summed E-state index contributed by atoms with van der Waals surface area (Å²) in [6, 6.07) is 18.7. The van der Waals surface area contributed by atoms with Crippen LogP contribution < -0.4 is 0 Å². The molecule has 0 N–H and O–H groups in total. The topological polar surface area (TPSA) is 22.0 Å². The van der Waals surface area contributed by atoms with Crippen molar-refractivity contribution in [3.63, 3.8) is 0 Å². The Morgan fingerprint density at radius 1 is 1.00 bits per heavy atom. The SMILES string of the molecule is CC(=O)c1cn(CCCc2ccccc2)c2ccccc12. The van der Waals surface area contributed by atoms with Gasteiger partial charge in [0.05, 0.1) is 0 Å². The molecule has 1 heterocycles. The van der Waals surface area contributed by atoms with Crippen LogP contribution in [-0.4, -0.2) is 10.4 Å². The number of hydrogen-bond donors (Lipinski definition) is 0. The molecule has 0 unspecified atom stereocenters. The van der Waals surface area contributed by atoms with Gasteiger partial charge in [-0.15, -0.1) is 0 Å². The molecular weight excluding hydrogens is 258 g/mol. The fourth-order valence-corrected chi connectivity index (χ4v) is 2.81. The van der Waals surface area contributed by atoms with Crippen LogP contribution in [0.2, 0.25) is 0 Å². The van der Waals surface area contributed by atoms with Crippen LogP contribution in [0.5, 0.6) is 0 Å². The molecule has 3 aromatic rings. The highest BCUT2D eigenvalue weighted by molar-refractivity contribution is 6.06. The Bertz CT molecular complexity index is 756. The molecule has 0 radical (unpaired) electrons. The number of fused-ring (bicyclic) bond motifs is 1. The maximum atomic E-state index is 11.8. The molecule has 0 aliphatic rings. The van der Waals surface area contributed by atoms with Gasteiger partial charge in [0.2, 0.25) is 0 Å². The average molecular weight is 277 g/mol.